The first kappa shape index (κ1) is 10.6. The Bertz CT molecular complexity index is 462. The molecule has 0 unspecified atom stereocenters. The first-order valence-corrected chi connectivity index (χ1v) is 4.10. The zero-order valence-electron chi connectivity index (χ0n) is 8.06. The summed E-state index contributed by atoms with van der Waals surface area (Å²) in [6.45, 7) is 0. The van der Waals surface area contributed by atoms with Gasteiger partial charge in [0.25, 0.3) is 0 Å². The molecule has 1 rings (SSSR count). The number of nitriles is 2. The number of hydrogen-bond acceptors (Lipinski definition) is 4. The molecule has 0 amide bonds. The molecule has 0 atom stereocenters. The molecule has 0 aliphatic heterocycles. The Morgan fingerprint density at radius 3 is 2.60 bits per heavy atom. The second kappa shape index (κ2) is 4.69. The van der Waals surface area contributed by atoms with E-state index < -0.39 is 0 Å². The van der Waals surface area contributed by atoms with Crippen LogP contribution < -0.4 is 4.74 Å². The highest BCUT2D eigenvalue weighted by Gasteiger charge is 2.02. The number of aromatic hydroxyl groups is 1. The number of rotatable bonds is 2. The van der Waals surface area contributed by atoms with Crippen molar-refractivity contribution in [2.24, 2.45) is 0 Å². The molecule has 0 radical (unpaired) electrons. The van der Waals surface area contributed by atoms with Gasteiger partial charge in [0.15, 0.2) is 0 Å². The van der Waals surface area contributed by atoms with Gasteiger partial charge in [0.2, 0.25) is 0 Å². The molecule has 1 N–H and O–H groups in total. The fraction of sp³-hybridized carbons (Fsp3) is 0.0909. The van der Waals surface area contributed by atoms with Crippen LogP contribution in [-0.4, -0.2) is 12.2 Å². The summed E-state index contributed by atoms with van der Waals surface area (Å²) in [7, 11) is 1.50. The van der Waals surface area contributed by atoms with Crippen LogP contribution in [0.3, 0.4) is 0 Å². The lowest BCUT2D eigenvalue weighted by molar-refractivity contribution is 0.412. The zero-order chi connectivity index (χ0) is 11.3. The number of nitrogens with zero attached hydrogens (tertiary/aromatic N) is 2. The molecule has 0 bridgehead atoms. The molecule has 0 aliphatic carbocycles. The topological polar surface area (TPSA) is 77.0 Å². The number of hydrogen-bond donors (Lipinski definition) is 1. The number of ether oxygens (including phenoxy) is 1. The lowest BCUT2D eigenvalue weighted by Crippen LogP contribution is -1.84. The van der Waals surface area contributed by atoms with E-state index in [2.05, 4.69) is 0 Å². The van der Waals surface area contributed by atoms with Crippen LogP contribution in [-0.2, 0) is 0 Å². The quantitative estimate of drug-likeness (QED) is 0.739. The molecule has 15 heavy (non-hydrogen) atoms. The predicted octanol–water partition coefficient (Wildman–Crippen LogP) is 1.83. The van der Waals surface area contributed by atoms with Crippen molar-refractivity contribution in [3.05, 3.63) is 29.3 Å². The van der Waals surface area contributed by atoms with Gasteiger partial charge >= 0.3 is 0 Å². The van der Waals surface area contributed by atoms with E-state index in [0.717, 1.165) is 0 Å². The normalized spacial score (nSPS) is 8.47. The number of methoxy groups -OCH3 is 1. The van der Waals surface area contributed by atoms with Crippen LogP contribution in [0.5, 0.6) is 11.5 Å². The third-order valence-electron chi connectivity index (χ3n) is 1.78. The second-order valence-corrected chi connectivity index (χ2v) is 2.71. The van der Waals surface area contributed by atoms with E-state index in [-0.39, 0.29) is 11.3 Å². The van der Waals surface area contributed by atoms with Crippen LogP contribution in [0.25, 0.3) is 6.08 Å². The fourth-order valence-electron chi connectivity index (χ4n) is 1.02. The SMILES string of the molecule is COc1ccc(O)c(C=C(C#N)C#N)c1. The van der Waals surface area contributed by atoms with Crippen LogP contribution >= 0.6 is 0 Å². The van der Waals surface area contributed by atoms with Gasteiger partial charge in [-0.2, -0.15) is 10.5 Å². The summed E-state index contributed by atoms with van der Waals surface area (Å²) in [5, 5.41) is 26.6. The molecule has 4 nitrogen and oxygen atoms in total. The third kappa shape index (κ3) is 2.49. The van der Waals surface area contributed by atoms with Gasteiger partial charge in [-0.3, -0.25) is 0 Å². The van der Waals surface area contributed by atoms with E-state index in [1.165, 1.54) is 19.3 Å². The number of phenols is 1. The average Bonchev–Trinajstić information content (AvgIpc) is 2.28. The summed E-state index contributed by atoms with van der Waals surface area (Å²) in [5.41, 5.74) is 0.311. The van der Waals surface area contributed by atoms with Crippen LogP contribution in [0, 0.1) is 22.7 Å². The summed E-state index contributed by atoms with van der Waals surface area (Å²) < 4.78 is 4.95. The van der Waals surface area contributed by atoms with Crippen molar-refractivity contribution in [3.63, 3.8) is 0 Å². The minimum absolute atomic E-state index is 0.00111. The van der Waals surface area contributed by atoms with Crippen molar-refractivity contribution in [2.75, 3.05) is 7.11 Å². The largest absolute Gasteiger partial charge is 0.507 e. The Morgan fingerprint density at radius 2 is 2.07 bits per heavy atom. The van der Waals surface area contributed by atoms with Gasteiger partial charge < -0.3 is 9.84 Å². The maximum absolute atomic E-state index is 9.45. The monoisotopic (exact) mass is 200 g/mol. The van der Waals surface area contributed by atoms with Crippen LogP contribution in [0.15, 0.2) is 23.8 Å². The molecule has 1 aromatic rings. The van der Waals surface area contributed by atoms with Gasteiger partial charge in [-0.25, -0.2) is 0 Å². The highest BCUT2D eigenvalue weighted by atomic mass is 16.5. The van der Waals surface area contributed by atoms with Crippen molar-refractivity contribution in [3.8, 4) is 23.6 Å². The average molecular weight is 200 g/mol. The minimum Gasteiger partial charge on any atom is -0.507 e. The maximum atomic E-state index is 9.45. The first-order chi connectivity index (χ1) is 7.21. The smallest absolute Gasteiger partial charge is 0.130 e. The first-order valence-electron chi connectivity index (χ1n) is 4.10. The summed E-state index contributed by atoms with van der Waals surface area (Å²) in [4.78, 5) is 0. The molecule has 0 aliphatic rings. The zero-order valence-corrected chi connectivity index (χ0v) is 8.06. The van der Waals surface area contributed by atoms with Crippen LogP contribution in [0.2, 0.25) is 0 Å². The molecule has 0 aromatic heterocycles. The van der Waals surface area contributed by atoms with Crippen molar-refractivity contribution >= 4 is 6.08 Å². The second-order valence-electron chi connectivity index (χ2n) is 2.71. The lowest BCUT2D eigenvalue weighted by atomic mass is 10.1. The summed E-state index contributed by atoms with van der Waals surface area (Å²) in [6.07, 6.45) is 1.30. The molecule has 0 saturated heterocycles. The Hall–Kier alpha value is -2.46. The predicted molar refractivity (Wildman–Crippen MR) is 53.9 cm³/mol. The molecule has 4 heteroatoms. The Labute approximate surface area is 87.3 Å². The van der Waals surface area contributed by atoms with Gasteiger partial charge in [0, 0.05) is 5.56 Å². The van der Waals surface area contributed by atoms with E-state index >= 15 is 0 Å². The van der Waals surface area contributed by atoms with E-state index in [4.69, 9.17) is 15.3 Å². The minimum atomic E-state index is -0.0708. The van der Waals surface area contributed by atoms with Gasteiger partial charge in [0.1, 0.15) is 29.2 Å². The molecular weight excluding hydrogens is 192 g/mol. The van der Waals surface area contributed by atoms with Gasteiger partial charge in [-0.1, -0.05) is 0 Å². The van der Waals surface area contributed by atoms with Crippen molar-refractivity contribution in [1.82, 2.24) is 0 Å². The molecule has 0 heterocycles. The summed E-state index contributed by atoms with van der Waals surface area (Å²) in [5.74, 6) is 0.549. The van der Waals surface area contributed by atoms with Crippen LogP contribution in [0.1, 0.15) is 5.56 Å². The highest BCUT2D eigenvalue weighted by Crippen LogP contribution is 2.24. The summed E-state index contributed by atoms with van der Waals surface area (Å²) >= 11 is 0. The van der Waals surface area contributed by atoms with E-state index in [1.54, 1.807) is 24.3 Å². The summed E-state index contributed by atoms with van der Waals surface area (Å²) in [6, 6.07) is 8.00. The fourth-order valence-corrected chi connectivity index (χ4v) is 1.02. The molecular formula is C11H8N2O2. The molecule has 0 spiro atoms. The van der Waals surface area contributed by atoms with Gasteiger partial charge in [-0.15, -0.1) is 0 Å². The maximum Gasteiger partial charge on any atom is 0.130 e. The standard InChI is InChI=1S/C11H8N2O2/c1-15-10-2-3-11(14)9(5-10)4-8(6-12)7-13/h2-5,14H,1H3. The molecule has 0 saturated carbocycles. The third-order valence-corrected chi connectivity index (χ3v) is 1.78. The molecule has 1 aromatic carbocycles. The Kier molecular flexibility index (Phi) is 3.32. The van der Waals surface area contributed by atoms with Crippen molar-refractivity contribution < 1.29 is 9.84 Å². The number of allylic oxidation sites excluding steroid dienone is 1. The van der Waals surface area contributed by atoms with E-state index in [9.17, 15) is 5.11 Å². The van der Waals surface area contributed by atoms with Crippen molar-refractivity contribution in [1.29, 1.82) is 10.5 Å². The number of benzene rings is 1. The van der Waals surface area contributed by atoms with Gasteiger partial charge in [0.05, 0.1) is 7.11 Å². The molecule has 0 fully saturated rings. The lowest BCUT2D eigenvalue weighted by Gasteiger charge is -2.02. The van der Waals surface area contributed by atoms with Crippen molar-refractivity contribution in [2.45, 2.75) is 0 Å². The van der Waals surface area contributed by atoms with Gasteiger partial charge in [-0.05, 0) is 24.3 Å². The molecule has 74 valence electrons. The Balaban J connectivity index is 3.21. The van der Waals surface area contributed by atoms with Crippen LogP contribution in [0.4, 0.5) is 0 Å². The highest BCUT2D eigenvalue weighted by molar-refractivity contribution is 5.67. The Morgan fingerprint density at radius 1 is 1.40 bits per heavy atom. The number of phenolic OH excluding ortho intramolecular Hbond substituents is 1. The van der Waals surface area contributed by atoms with E-state index in [1.807, 2.05) is 0 Å². The van der Waals surface area contributed by atoms with E-state index in [0.29, 0.717) is 11.3 Å².